The van der Waals surface area contributed by atoms with Crippen molar-refractivity contribution in [2.45, 2.75) is 6.92 Å². The molecule has 0 unspecified atom stereocenters. The third-order valence-corrected chi connectivity index (χ3v) is 4.12. The van der Waals surface area contributed by atoms with Crippen molar-refractivity contribution in [3.63, 3.8) is 0 Å². The van der Waals surface area contributed by atoms with E-state index < -0.39 is 0 Å². The van der Waals surface area contributed by atoms with E-state index in [4.69, 9.17) is 37.9 Å². The monoisotopic (exact) mass is 491 g/mol. The Hall–Kier alpha value is -1.93. The number of carbonyl (C=O) groups excluding carboxylic acids is 3. The number of carbonyl (C=O) groups is 3. The minimum Gasteiger partial charge on any atom is -0.463 e. The number of nitrogens with zero attached hydrogens (tertiary/aromatic N) is 1. The molecule has 0 spiro atoms. The Bertz CT molecular complexity index is 567. The van der Waals surface area contributed by atoms with E-state index >= 15 is 0 Å². The van der Waals surface area contributed by atoms with Crippen LogP contribution in [0.15, 0.2) is 12.2 Å². The number of rotatable bonds is 24. The molecular formula is C22H37NO11. The summed E-state index contributed by atoms with van der Waals surface area (Å²) < 4.78 is 42.2. The van der Waals surface area contributed by atoms with Crippen LogP contribution in [-0.2, 0) is 52.3 Å². The van der Waals surface area contributed by atoms with Crippen LogP contribution in [0, 0.1) is 0 Å². The summed E-state index contributed by atoms with van der Waals surface area (Å²) in [5.41, 5.74) is 0. The van der Waals surface area contributed by atoms with Gasteiger partial charge in [0.25, 0.3) is 11.8 Å². The summed E-state index contributed by atoms with van der Waals surface area (Å²) in [6.45, 7) is 7.87. The lowest BCUT2D eigenvalue weighted by Crippen LogP contribution is -2.33. The highest BCUT2D eigenvalue weighted by Crippen LogP contribution is 2.02. The van der Waals surface area contributed by atoms with E-state index in [0.717, 1.165) is 4.90 Å². The molecule has 0 N–H and O–H groups in total. The maximum absolute atomic E-state index is 11.3. The number of ether oxygens (including phenoxy) is 8. The van der Waals surface area contributed by atoms with Crippen molar-refractivity contribution in [1.29, 1.82) is 0 Å². The first kappa shape index (κ1) is 30.1. The smallest absolute Gasteiger partial charge is 0.302 e. The number of imide groups is 1. The van der Waals surface area contributed by atoms with Gasteiger partial charge in [0.1, 0.15) is 6.61 Å². The van der Waals surface area contributed by atoms with Crippen LogP contribution in [-0.4, -0.2) is 128 Å². The van der Waals surface area contributed by atoms with E-state index in [1.54, 1.807) is 0 Å². The highest BCUT2D eigenvalue weighted by atomic mass is 16.6. The van der Waals surface area contributed by atoms with Crippen molar-refractivity contribution in [3.8, 4) is 0 Å². The number of hydrogen-bond acceptors (Lipinski definition) is 11. The fourth-order valence-corrected chi connectivity index (χ4v) is 2.47. The van der Waals surface area contributed by atoms with Gasteiger partial charge < -0.3 is 37.9 Å². The Morgan fingerprint density at radius 3 is 1.18 bits per heavy atom. The van der Waals surface area contributed by atoms with Crippen LogP contribution in [0.25, 0.3) is 0 Å². The molecule has 12 heteroatoms. The minimum atomic E-state index is -0.318. The van der Waals surface area contributed by atoms with E-state index in [0.29, 0.717) is 85.9 Å². The van der Waals surface area contributed by atoms with Gasteiger partial charge in [-0.3, -0.25) is 19.3 Å². The summed E-state index contributed by atoms with van der Waals surface area (Å²) in [7, 11) is 0. The average Bonchev–Trinajstić information content (AvgIpc) is 3.13. The third kappa shape index (κ3) is 17.5. The molecule has 0 aliphatic carbocycles. The molecule has 0 fully saturated rings. The molecule has 34 heavy (non-hydrogen) atoms. The number of amides is 2. The molecule has 1 aliphatic rings. The lowest BCUT2D eigenvalue weighted by atomic mass is 10.5. The van der Waals surface area contributed by atoms with Crippen LogP contribution in [0.3, 0.4) is 0 Å². The van der Waals surface area contributed by atoms with Gasteiger partial charge in [0.2, 0.25) is 0 Å². The van der Waals surface area contributed by atoms with Gasteiger partial charge in [-0.05, 0) is 0 Å². The van der Waals surface area contributed by atoms with Crippen LogP contribution in [0.5, 0.6) is 0 Å². The average molecular weight is 492 g/mol. The van der Waals surface area contributed by atoms with Crippen molar-refractivity contribution in [2.24, 2.45) is 0 Å². The van der Waals surface area contributed by atoms with Gasteiger partial charge in [0.15, 0.2) is 0 Å². The van der Waals surface area contributed by atoms with Crippen LogP contribution in [0.2, 0.25) is 0 Å². The van der Waals surface area contributed by atoms with Gasteiger partial charge in [0.05, 0.1) is 99.0 Å². The zero-order valence-corrected chi connectivity index (χ0v) is 19.9. The van der Waals surface area contributed by atoms with Gasteiger partial charge >= 0.3 is 5.97 Å². The summed E-state index contributed by atoms with van der Waals surface area (Å²) in [5.74, 6) is -0.934. The Kier molecular flexibility index (Phi) is 19.1. The molecule has 0 radical (unpaired) electrons. The fraction of sp³-hybridized carbons (Fsp3) is 0.773. The Morgan fingerprint density at radius 2 is 0.853 bits per heavy atom. The highest BCUT2D eigenvalue weighted by Gasteiger charge is 2.22. The lowest BCUT2D eigenvalue weighted by molar-refractivity contribution is -0.142. The molecule has 0 saturated carbocycles. The molecule has 0 aromatic carbocycles. The minimum absolute atomic E-state index is 0.239. The topological polar surface area (TPSA) is 128 Å². The maximum atomic E-state index is 11.3. The van der Waals surface area contributed by atoms with Crippen molar-refractivity contribution >= 4 is 17.8 Å². The first-order valence-corrected chi connectivity index (χ1v) is 11.3. The van der Waals surface area contributed by atoms with Crippen molar-refractivity contribution in [3.05, 3.63) is 12.2 Å². The molecule has 0 aromatic heterocycles. The predicted molar refractivity (Wildman–Crippen MR) is 118 cm³/mol. The second-order valence-corrected chi connectivity index (χ2v) is 6.79. The standard InChI is InChI=1S/C22H37NO11/c1-20(24)34-19-18-33-17-16-32-15-14-31-13-12-30-11-10-29-9-8-28-7-6-27-5-4-23-21(25)2-3-22(23)26/h2-3H,4-19H2,1H3. The van der Waals surface area contributed by atoms with E-state index in [1.807, 2.05) is 0 Å². The molecule has 0 bridgehead atoms. The normalized spacial score (nSPS) is 13.3. The summed E-state index contributed by atoms with van der Waals surface area (Å²) in [5, 5.41) is 0. The van der Waals surface area contributed by atoms with Gasteiger partial charge in [-0.25, -0.2) is 0 Å². The summed E-state index contributed by atoms with van der Waals surface area (Å²) >= 11 is 0. The lowest BCUT2D eigenvalue weighted by Gasteiger charge is -2.13. The highest BCUT2D eigenvalue weighted by molar-refractivity contribution is 6.12. The zero-order chi connectivity index (χ0) is 24.7. The first-order valence-electron chi connectivity index (χ1n) is 11.3. The summed E-state index contributed by atoms with van der Waals surface area (Å²) in [6, 6.07) is 0. The number of esters is 1. The predicted octanol–water partition coefficient (Wildman–Crippen LogP) is -0.409. The third-order valence-electron chi connectivity index (χ3n) is 4.12. The molecular weight excluding hydrogens is 454 g/mol. The molecule has 0 saturated heterocycles. The fourth-order valence-electron chi connectivity index (χ4n) is 2.47. The van der Waals surface area contributed by atoms with Crippen molar-refractivity contribution in [1.82, 2.24) is 4.90 Å². The van der Waals surface area contributed by atoms with E-state index in [-0.39, 0.29) is 37.5 Å². The van der Waals surface area contributed by atoms with Gasteiger partial charge in [-0.1, -0.05) is 0 Å². The summed E-state index contributed by atoms with van der Waals surface area (Å²) in [4.78, 5) is 34.4. The SMILES string of the molecule is CC(=O)OCCOCCOCCOCCOCCOCCOCCOCCN1C(=O)C=CC1=O. The van der Waals surface area contributed by atoms with Crippen molar-refractivity contribution in [2.75, 3.05) is 106 Å². The largest absolute Gasteiger partial charge is 0.463 e. The van der Waals surface area contributed by atoms with Crippen LogP contribution < -0.4 is 0 Å². The van der Waals surface area contributed by atoms with Crippen LogP contribution in [0.1, 0.15) is 6.92 Å². The van der Waals surface area contributed by atoms with E-state index in [9.17, 15) is 14.4 Å². The molecule has 1 rings (SSSR count). The first-order chi connectivity index (χ1) is 16.6. The molecule has 2 amide bonds. The zero-order valence-electron chi connectivity index (χ0n) is 19.9. The summed E-state index contributed by atoms with van der Waals surface area (Å²) in [6.07, 6.45) is 2.50. The van der Waals surface area contributed by atoms with Gasteiger partial charge in [-0.15, -0.1) is 0 Å². The van der Waals surface area contributed by atoms with Crippen LogP contribution in [0.4, 0.5) is 0 Å². The van der Waals surface area contributed by atoms with Crippen molar-refractivity contribution < 1.29 is 52.3 Å². The molecule has 0 aromatic rings. The Balaban J connectivity index is 1.67. The molecule has 12 nitrogen and oxygen atoms in total. The second kappa shape index (κ2) is 21.6. The van der Waals surface area contributed by atoms with Gasteiger partial charge in [0, 0.05) is 19.1 Å². The van der Waals surface area contributed by atoms with Crippen LogP contribution >= 0.6 is 0 Å². The quantitative estimate of drug-likeness (QED) is 0.0993. The molecule has 1 aliphatic heterocycles. The molecule has 0 atom stereocenters. The van der Waals surface area contributed by atoms with Gasteiger partial charge in [-0.2, -0.15) is 0 Å². The molecule has 1 heterocycles. The maximum Gasteiger partial charge on any atom is 0.302 e. The Morgan fingerprint density at radius 1 is 0.559 bits per heavy atom. The molecule has 196 valence electrons. The second-order valence-electron chi connectivity index (χ2n) is 6.79. The number of hydrogen-bond donors (Lipinski definition) is 0. The Labute approximate surface area is 200 Å². The van der Waals surface area contributed by atoms with E-state index in [2.05, 4.69) is 0 Å². The van der Waals surface area contributed by atoms with E-state index in [1.165, 1.54) is 19.1 Å².